The largest absolute Gasteiger partial charge is 0.497 e. The van der Waals surface area contributed by atoms with Crippen LogP contribution in [0.1, 0.15) is 30.4 Å². The number of rotatable bonds is 5. The van der Waals surface area contributed by atoms with Gasteiger partial charge in [-0.3, -0.25) is 14.5 Å². The van der Waals surface area contributed by atoms with Gasteiger partial charge in [0.2, 0.25) is 11.8 Å². The summed E-state index contributed by atoms with van der Waals surface area (Å²) in [5.74, 6) is 0.271. The van der Waals surface area contributed by atoms with Crippen molar-refractivity contribution in [2.24, 2.45) is 5.92 Å². The van der Waals surface area contributed by atoms with E-state index in [1.54, 1.807) is 7.11 Å². The summed E-state index contributed by atoms with van der Waals surface area (Å²) in [4.78, 5) is 26.6. The zero-order chi connectivity index (χ0) is 18.0. The monoisotopic (exact) mass is 401 g/mol. The molecule has 1 fully saturated rings. The summed E-state index contributed by atoms with van der Waals surface area (Å²) in [5.41, 5.74) is 1.99. The Kier molecular flexibility index (Phi) is 5.23. The second-order valence-electron chi connectivity index (χ2n) is 6.32. The predicted octanol–water partition coefficient (Wildman–Crippen LogP) is 4.14. The lowest BCUT2D eigenvalue weighted by atomic mass is 9.86. The molecule has 0 N–H and O–H groups in total. The lowest BCUT2D eigenvalue weighted by Crippen LogP contribution is -2.31. The molecular weight excluding hydrogens is 382 g/mol. The highest BCUT2D eigenvalue weighted by atomic mass is 79.9. The van der Waals surface area contributed by atoms with E-state index >= 15 is 0 Å². The number of carbonyl (C=O) groups excluding carboxylic acids is 2. The minimum absolute atomic E-state index is 0.00502. The number of hydrogen-bond acceptors (Lipinski definition) is 3. The standard InChI is InChI=1S/C20H20BrNO3/c1-13(15-5-7-16(21)8-6-15)18-11-19(23)22(20(18)24)12-14-3-9-17(25-2)10-4-14/h3-10,13,18H,11-12H2,1-2H3. The van der Waals surface area contributed by atoms with Crippen molar-refractivity contribution in [3.63, 3.8) is 0 Å². The molecule has 0 radical (unpaired) electrons. The van der Waals surface area contributed by atoms with Gasteiger partial charge in [-0.15, -0.1) is 0 Å². The molecular formula is C20H20BrNO3. The minimum Gasteiger partial charge on any atom is -0.497 e. The van der Waals surface area contributed by atoms with E-state index in [4.69, 9.17) is 4.74 Å². The molecule has 130 valence electrons. The van der Waals surface area contributed by atoms with E-state index in [9.17, 15) is 9.59 Å². The van der Waals surface area contributed by atoms with Gasteiger partial charge in [-0.2, -0.15) is 0 Å². The molecule has 2 unspecified atom stereocenters. The van der Waals surface area contributed by atoms with Crippen molar-refractivity contribution in [3.8, 4) is 5.75 Å². The Balaban J connectivity index is 1.73. The molecule has 0 spiro atoms. The molecule has 1 aliphatic heterocycles. The van der Waals surface area contributed by atoms with Crippen LogP contribution in [-0.4, -0.2) is 23.8 Å². The molecule has 2 aromatic carbocycles. The Morgan fingerprint density at radius 1 is 1.12 bits per heavy atom. The van der Waals surface area contributed by atoms with Crippen molar-refractivity contribution in [3.05, 3.63) is 64.1 Å². The summed E-state index contributed by atoms with van der Waals surface area (Å²) in [5, 5.41) is 0. The molecule has 1 heterocycles. The normalized spacial score (nSPS) is 18.5. The number of amides is 2. The molecule has 2 aromatic rings. The number of benzene rings is 2. The van der Waals surface area contributed by atoms with E-state index in [0.717, 1.165) is 21.3 Å². The summed E-state index contributed by atoms with van der Waals surface area (Å²) < 4.78 is 6.13. The molecule has 5 heteroatoms. The van der Waals surface area contributed by atoms with Crippen LogP contribution in [0.3, 0.4) is 0 Å². The molecule has 2 amide bonds. The maximum absolute atomic E-state index is 12.8. The maximum Gasteiger partial charge on any atom is 0.233 e. The quantitative estimate of drug-likeness (QED) is 0.707. The summed E-state index contributed by atoms with van der Waals surface area (Å²) in [7, 11) is 1.61. The number of halogens is 1. The number of carbonyl (C=O) groups is 2. The average Bonchev–Trinajstić information content (AvgIpc) is 2.90. The lowest BCUT2D eigenvalue weighted by molar-refractivity contribution is -0.140. The van der Waals surface area contributed by atoms with Crippen LogP contribution in [0, 0.1) is 5.92 Å². The second-order valence-corrected chi connectivity index (χ2v) is 7.23. The molecule has 0 aliphatic carbocycles. The first-order chi connectivity index (χ1) is 12.0. The van der Waals surface area contributed by atoms with Gasteiger partial charge in [0.25, 0.3) is 0 Å². The van der Waals surface area contributed by atoms with E-state index in [1.807, 2.05) is 55.5 Å². The summed E-state index contributed by atoms with van der Waals surface area (Å²) in [6.07, 6.45) is 0.270. The van der Waals surface area contributed by atoms with Gasteiger partial charge >= 0.3 is 0 Å². The van der Waals surface area contributed by atoms with Crippen LogP contribution in [0.4, 0.5) is 0 Å². The first-order valence-corrected chi connectivity index (χ1v) is 9.01. The van der Waals surface area contributed by atoms with Crippen LogP contribution >= 0.6 is 15.9 Å². The van der Waals surface area contributed by atoms with E-state index < -0.39 is 0 Å². The van der Waals surface area contributed by atoms with Crippen LogP contribution in [0.15, 0.2) is 53.0 Å². The number of methoxy groups -OCH3 is 1. The van der Waals surface area contributed by atoms with E-state index in [1.165, 1.54) is 4.90 Å². The predicted molar refractivity (Wildman–Crippen MR) is 99.2 cm³/mol. The number of nitrogens with zero attached hydrogens (tertiary/aromatic N) is 1. The van der Waals surface area contributed by atoms with Gasteiger partial charge < -0.3 is 4.74 Å². The Bertz CT molecular complexity index is 771. The van der Waals surface area contributed by atoms with Gasteiger partial charge in [-0.25, -0.2) is 0 Å². The fourth-order valence-electron chi connectivity index (χ4n) is 3.18. The van der Waals surface area contributed by atoms with Crippen molar-refractivity contribution in [2.45, 2.75) is 25.8 Å². The van der Waals surface area contributed by atoms with Crippen molar-refractivity contribution < 1.29 is 14.3 Å². The SMILES string of the molecule is COc1ccc(CN2C(=O)CC(C(C)c3ccc(Br)cc3)C2=O)cc1. The third-order valence-electron chi connectivity index (χ3n) is 4.78. The highest BCUT2D eigenvalue weighted by Crippen LogP contribution is 2.34. The van der Waals surface area contributed by atoms with Gasteiger partial charge in [-0.05, 0) is 41.3 Å². The second kappa shape index (κ2) is 7.40. The number of hydrogen-bond donors (Lipinski definition) is 0. The highest BCUT2D eigenvalue weighted by Gasteiger charge is 2.41. The highest BCUT2D eigenvalue weighted by molar-refractivity contribution is 9.10. The molecule has 1 saturated heterocycles. The average molecular weight is 402 g/mol. The zero-order valence-electron chi connectivity index (χ0n) is 14.2. The molecule has 0 bridgehead atoms. The number of likely N-dealkylation sites (tertiary alicyclic amines) is 1. The number of ether oxygens (including phenoxy) is 1. The molecule has 25 heavy (non-hydrogen) atoms. The van der Waals surface area contributed by atoms with Gasteiger partial charge in [0.1, 0.15) is 5.75 Å². The maximum atomic E-state index is 12.8. The Morgan fingerprint density at radius 3 is 2.36 bits per heavy atom. The third-order valence-corrected chi connectivity index (χ3v) is 5.31. The van der Waals surface area contributed by atoms with Crippen molar-refractivity contribution >= 4 is 27.7 Å². The molecule has 4 nitrogen and oxygen atoms in total. The molecule has 3 rings (SSSR count). The van der Waals surface area contributed by atoms with E-state index in [-0.39, 0.29) is 30.1 Å². The number of imide groups is 1. The van der Waals surface area contributed by atoms with E-state index in [2.05, 4.69) is 15.9 Å². The smallest absolute Gasteiger partial charge is 0.233 e. The zero-order valence-corrected chi connectivity index (χ0v) is 15.8. The molecule has 0 saturated carbocycles. The minimum atomic E-state index is -0.299. The van der Waals surface area contributed by atoms with Crippen LogP contribution in [-0.2, 0) is 16.1 Å². The van der Waals surface area contributed by atoms with Gasteiger partial charge in [0.05, 0.1) is 19.6 Å². The first kappa shape index (κ1) is 17.7. The van der Waals surface area contributed by atoms with Crippen molar-refractivity contribution in [1.82, 2.24) is 4.90 Å². The van der Waals surface area contributed by atoms with Crippen LogP contribution in [0.2, 0.25) is 0 Å². The summed E-state index contributed by atoms with van der Waals surface area (Å²) in [6.45, 7) is 2.32. The summed E-state index contributed by atoms with van der Waals surface area (Å²) >= 11 is 3.42. The third kappa shape index (κ3) is 3.76. The Morgan fingerprint density at radius 2 is 1.76 bits per heavy atom. The molecule has 2 atom stereocenters. The Labute approximate surface area is 155 Å². The van der Waals surface area contributed by atoms with Gasteiger partial charge in [0, 0.05) is 10.9 Å². The summed E-state index contributed by atoms with van der Waals surface area (Å²) in [6, 6.07) is 15.3. The fourth-order valence-corrected chi connectivity index (χ4v) is 3.44. The van der Waals surface area contributed by atoms with Crippen molar-refractivity contribution in [1.29, 1.82) is 0 Å². The van der Waals surface area contributed by atoms with Crippen LogP contribution in [0.5, 0.6) is 5.75 Å². The van der Waals surface area contributed by atoms with Crippen molar-refractivity contribution in [2.75, 3.05) is 7.11 Å². The van der Waals surface area contributed by atoms with Crippen LogP contribution in [0.25, 0.3) is 0 Å². The topological polar surface area (TPSA) is 46.6 Å². The van der Waals surface area contributed by atoms with E-state index in [0.29, 0.717) is 6.54 Å². The van der Waals surface area contributed by atoms with Crippen LogP contribution < -0.4 is 4.74 Å². The lowest BCUT2D eigenvalue weighted by Gasteiger charge is -2.19. The fraction of sp³-hybridized carbons (Fsp3) is 0.300. The van der Waals surface area contributed by atoms with Gasteiger partial charge in [0.15, 0.2) is 0 Å². The van der Waals surface area contributed by atoms with Gasteiger partial charge in [-0.1, -0.05) is 47.1 Å². The molecule has 0 aromatic heterocycles. The Hall–Kier alpha value is -2.14. The molecule has 1 aliphatic rings. The first-order valence-electron chi connectivity index (χ1n) is 8.22.